The standard InChI is InChI=1S/C20H20N2O3S/c1-12-6-7-14-13(11-12)18(23)16-17(15-5-4-10-26-15)22(9-8-21(2)3)20(24)19(16)25-14/h4-7,10-11,17H,8-9H2,1-3H3. The van der Waals surface area contributed by atoms with Gasteiger partial charge in [-0.05, 0) is 44.6 Å². The molecule has 1 unspecified atom stereocenters. The number of amides is 1. The minimum atomic E-state index is -0.376. The molecule has 6 heteroatoms. The summed E-state index contributed by atoms with van der Waals surface area (Å²) in [7, 11) is 3.93. The molecule has 3 aromatic rings. The molecule has 0 spiro atoms. The van der Waals surface area contributed by atoms with Gasteiger partial charge in [0.2, 0.25) is 5.76 Å². The van der Waals surface area contributed by atoms with Crippen molar-refractivity contribution < 1.29 is 9.21 Å². The Morgan fingerprint density at radius 1 is 1.23 bits per heavy atom. The van der Waals surface area contributed by atoms with Crippen LogP contribution in [0.15, 0.2) is 44.9 Å². The highest BCUT2D eigenvalue weighted by molar-refractivity contribution is 7.10. The molecule has 0 aliphatic carbocycles. The predicted molar refractivity (Wildman–Crippen MR) is 103 cm³/mol. The van der Waals surface area contributed by atoms with Crippen LogP contribution in [0.1, 0.15) is 32.6 Å². The summed E-state index contributed by atoms with van der Waals surface area (Å²) in [5.41, 5.74) is 1.82. The molecule has 1 amide bonds. The third kappa shape index (κ3) is 2.66. The van der Waals surface area contributed by atoms with E-state index in [2.05, 4.69) is 0 Å². The SMILES string of the molecule is Cc1ccc2oc3c(c(=O)c2c1)C(c1cccs1)N(CCN(C)C)C3=O. The zero-order chi connectivity index (χ0) is 18.4. The number of carbonyl (C=O) groups is 1. The number of fused-ring (bicyclic) bond motifs is 2. The smallest absolute Gasteiger partial charge is 0.290 e. The van der Waals surface area contributed by atoms with Gasteiger partial charge in [0.15, 0.2) is 5.43 Å². The highest BCUT2D eigenvalue weighted by Crippen LogP contribution is 2.39. The summed E-state index contributed by atoms with van der Waals surface area (Å²) in [4.78, 5) is 31.1. The largest absolute Gasteiger partial charge is 0.450 e. The Labute approximate surface area is 155 Å². The maximum Gasteiger partial charge on any atom is 0.290 e. The van der Waals surface area contributed by atoms with Crippen molar-refractivity contribution in [2.45, 2.75) is 13.0 Å². The maximum absolute atomic E-state index is 13.3. The Hall–Kier alpha value is -2.44. The molecule has 0 fully saturated rings. The summed E-state index contributed by atoms with van der Waals surface area (Å²) < 4.78 is 5.92. The van der Waals surface area contributed by atoms with Gasteiger partial charge >= 0.3 is 0 Å². The molecule has 3 heterocycles. The van der Waals surface area contributed by atoms with Gasteiger partial charge in [-0.25, -0.2) is 0 Å². The Kier molecular flexibility index (Phi) is 4.17. The molecule has 0 saturated heterocycles. The van der Waals surface area contributed by atoms with Crippen molar-refractivity contribution >= 4 is 28.2 Å². The highest BCUT2D eigenvalue weighted by atomic mass is 32.1. The van der Waals surface area contributed by atoms with Gasteiger partial charge in [0.1, 0.15) is 5.58 Å². The first-order valence-electron chi connectivity index (χ1n) is 8.54. The van der Waals surface area contributed by atoms with Crippen LogP contribution in [-0.2, 0) is 0 Å². The number of rotatable bonds is 4. The molecule has 2 aromatic heterocycles. The number of thiophene rings is 1. The zero-order valence-electron chi connectivity index (χ0n) is 15.0. The molecule has 0 saturated carbocycles. The fourth-order valence-corrected chi connectivity index (χ4v) is 4.26. The Morgan fingerprint density at radius 3 is 2.73 bits per heavy atom. The monoisotopic (exact) mass is 368 g/mol. The van der Waals surface area contributed by atoms with Gasteiger partial charge in [0.25, 0.3) is 5.91 Å². The van der Waals surface area contributed by atoms with E-state index in [1.54, 1.807) is 22.3 Å². The van der Waals surface area contributed by atoms with Gasteiger partial charge in [0.05, 0.1) is 17.0 Å². The molecule has 134 valence electrons. The Bertz CT molecular complexity index is 1040. The van der Waals surface area contributed by atoms with E-state index in [9.17, 15) is 9.59 Å². The number of hydrogen-bond acceptors (Lipinski definition) is 5. The third-order valence-corrected chi connectivity index (χ3v) is 5.65. The van der Waals surface area contributed by atoms with E-state index < -0.39 is 0 Å². The van der Waals surface area contributed by atoms with Gasteiger partial charge in [-0.3, -0.25) is 9.59 Å². The zero-order valence-corrected chi connectivity index (χ0v) is 15.8. The lowest BCUT2D eigenvalue weighted by molar-refractivity contribution is 0.0718. The highest BCUT2D eigenvalue weighted by Gasteiger charge is 2.42. The van der Waals surface area contributed by atoms with E-state index in [0.29, 0.717) is 29.6 Å². The molecule has 0 N–H and O–H groups in total. The van der Waals surface area contributed by atoms with Crippen LogP contribution in [-0.4, -0.2) is 42.9 Å². The number of benzene rings is 1. The van der Waals surface area contributed by atoms with E-state index in [4.69, 9.17) is 4.42 Å². The van der Waals surface area contributed by atoms with E-state index in [0.717, 1.165) is 10.4 Å². The molecule has 1 aromatic carbocycles. The summed E-state index contributed by atoms with van der Waals surface area (Å²) in [6.45, 7) is 3.19. The third-order valence-electron chi connectivity index (χ3n) is 4.72. The average molecular weight is 368 g/mol. The van der Waals surface area contributed by atoms with Gasteiger partial charge < -0.3 is 14.2 Å². The molecule has 26 heavy (non-hydrogen) atoms. The fourth-order valence-electron chi connectivity index (χ4n) is 3.42. The summed E-state index contributed by atoms with van der Waals surface area (Å²) in [6.07, 6.45) is 0. The molecular formula is C20H20N2O3S. The van der Waals surface area contributed by atoms with Crippen molar-refractivity contribution in [2.24, 2.45) is 0 Å². The number of hydrogen-bond donors (Lipinski definition) is 0. The first kappa shape index (κ1) is 17.0. The minimum absolute atomic E-state index is 0.107. The van der Waals surface area contributed by atoms with Crippen LogP contribution in [0, 0.1) is 6.92 Å². The second-order valence-electron chi connectivity index (χ2n) is 6.89. The normalized spacial score (nSPS) is 16.7. The first-order valence-corrected chi connectivity index (χ1v) is 9.42. The van der Waals surface area contributed by atoms with E-state index in [1.165, 1.54) is 0 Å². The van der Waals surface area contributed by atoms with Crippen molar-refractivity contribution in [1.29, 1.82) is 0 Å². The minimum Gasteiger partial charge on any atom is -0.450 e. The second kappa shape index (κ2) is 6.37. The van der Waals surface area contributed by atoms with E-state index in [1.807, 2.05) is 55.6 Å². The summed E-state index contributed by atoms with van der Waals surface area (Å²) >= 11 is 1.55. The number of likely N-dealkylation sites (N-methyl/N-ethyl adjacent to an activating group) is 1. The lowest BCUT2D eigenvalue weighted by Crippen LogP contribution is -2.35. The number of nitrogens with zero attached hydrogens (tertiary/aromatic N) is 2. The van der Waals surface area contributed by atoms with Gasteiger partial charge in [-0.1, -0.05) is 17.7 Å². The maximum atomic E-state index is 13.3. The van der Waals surface area contributed by atoms with Gasteiger partial charge in [-0.15, -0.1) is 11.3 Å². The van der Waals surface area contributed by atoms with Crippen LogP contribution in [0.5, 0.6) is 0 Å². The van der Waals surface area contributed by atoms with Crippen LogP contribution in [0.25, 0.3) is 11.0 Å². The average Bonchev–Trinajstić information content (AvgIpc) is 3.21. The molecule has 1 aliphatic rings. The molecule has 1 atom stereocenters. The molecule has 4 rings (SSSR count). The van der Waals surface area contributed by atoms with Crippen molar-refractivity contribution in [3.8, 4) is 0 Å². The fraction of sp³-hybridized carbons (Fsp3) is 0.300. The Morgan fingerprint density at radius 2 is 2.04 bits per heavy atom. The van der Waals surface area contributed by atoms with Crippen molar-refractivity contribution in [2.75, 3.05) is 27.2 Å². The lowest BCUT2D eigenvalue weighted by atomic mass is 10.0. The molecule has 1 aliphatic heterocycles. The van der Waals surface area contributed by atoms with Crippen molar-refractivity contribution in [1.82, 2.24) is 9.80 Å². The van der Waals surface area contributed by atoms with Crippen LogP contribution in [0.3, 0.4) is 0 Å². The van der Waals surface area contributed by atoms with Crippen LogP contribution in [0.4, 0.5) is 0 Å². The van der Waals surface area contributed by atoms with Crippen molar-refractivity contribution in [3.05, 3.63) is 67.7 Å². The summed E-state index contributed by atoms with van der Waals surface area (Å²) in [6, 6.07) is 9.03. The van der Waals surface area contributed by atoms with Crippen LogP contribution in [0.2, 0.25) is 0 Å². The lowest BCUT2D eigenvalue weighted by Gasteiger charge is -2.25. The predicted octanol–water partition coefficient (Wildman–Crippen LogP) is 3.27. The number of aryl methyl sites for hydroxylation is 1. The number of carbonyl (C=O) groups excluding carboxylic acids is 1. The van der Waals surface area contributed by atoms with Crippen LogP contribution >= 0.6 is 11.3 Å². The van der Waals surface area contributed by atoms with Crippen molar-refractivity contribution in [3.63, 3.8) is 0 Å². The molecule has 5 nitrogen and oxygen atoms in total. The molecule has 0 radical (unpaired) electrons. The summed E-state index contributed by atoms with van der Waals surface area (Å²) in [5, 5.41) is 2.50. The second-order valence-corrected chi connectivity index (χ2v) is 7.87. The topological polar surface area (TPSA) is 53.8 Å². The van der Waals surface area contributed by atoms with Gasteiger partial charge in [0, 0.05) is 18.0 Å². The van der Waals surface area contributed by atoms with Gasteiger partial charge in [-0.2, -0.15) is 0 Å². The van der Waals surface area contributed by atoms with E-state index >= 15 is 0 Å². The quantitative estimate of drug-likeness (QED) is 0.709. The molecule has 0 bridgehead atoms. The molecular weight excluding hydrogens is 348 g/mol. The summed E-state index contributed by atoms with van der Waals surface area (Å²) in [5.74, 6) is -0.0247. The Balaban J connectivity index is 1.94. The first-order chi connectivity index (χ1) is 12.5. The van der Waals surface area contributed by atoms with Crippen LogP contribution < -0.4 is 5.43 Å². The van der Waals surface area contributed by atoms with E-state index in [-0.39, 0.29) is 23.1 Å².